The predicted octanol–water partition coefficient (Wildman–Crippen LogP) is 3.90. The van der Waals surface area contributed by atoms with Gasteiger partial charge in [-0.3, -0.25) is 9.59 Å². The van der Waals surface area contributed by atoms with Crippen LogP contribution in [-0.2, 0) is 4.79 Å². The molecule has 6 heteroatoms. The van der Waals surface area contributed by atoms with Gasteiger partial charge in [-0.2, -0.15) is 0 Å². The second-order valence-corrected chi connectivity index (χ2v) is 8.71. The number of likely N-dealkylation sites (tertiary alicyclic amines) is 1. The Labute approximate surface area is 164 Å². The minimum atomic E-state index is -0.852. The maximum absolute atomic E-state index is 13.8. The maximum atomic E-state index is 13.8. The standard InChI is InChI=1S/C22H28F2N2O2/c1-13-10-19-15(11-20(27)26(19)14-6-3-2-4-7-14)16(13)12-25-22(28)21-17(23)8-5-9-18(21)24/h5,8-9,13-16,19H,2-4,6-7,10-12H2,1H3,(H,25,28)/t13-,15-,16+,19+/m0/s1. The molecule has 0 unspecified atom stereocenters. The van der Waals surface area contributed by atoms with E-state index in [1.165, 1.54) is 25.3 Å². The van der Waals surface area contributed by atoms with Crippen molar-refractivity contribution in [1.29, 1.82) is 0 Å². The molecule has 1 heterocycles. The molecule has 0 bridgehead atoms. The topological polar surface area (TPSA) is 49.4 Å². The monoisotopic (exact) mass is 390 g/mol. The van der Waals surface area contributed by atoms with Crippen molar-refractivity contribution in [3.8, 4) is 0 Å². The summed E-state index contributed by atoms with van der Waals surface area (Å²) < 4.78 is 27.7. The van der Waals surface area contributed by atoms with Gasteiger partial charge in [0.15, 0.2) is 0 Å². The number of hydrogen-bond donors (Lipinski definition) is 1. The quantitative estimate of drug-likeness (QED) is 0.848. The van der Waals surface area contributed by atoms with Crippen molar-refractivity contribution in [3.63, 3.8) is 0 Å². The Hall–Kier alpha value is -1.98. The van der Waals surface area contributed by atoms with Crippen LogP contribution in [0.3, 0.4) is 0 Å². The van der Waals surface area contributed by atoms with E-state index in [-0.39, 0.29) is 23.8 Å². The normalized spacial score (nSPS) is 30.5. The fourth-order valence-corrected chi connectivity index (χ4v) is 5.74. The van der Waals surface area contributed by atoms with Gasteiger partial charge in [0.2, 0.25) is 5.91 Å². The molecule has 3 aliphatic rings. The zero-order valence-electron chi connectivity index (χ0n) is 16.3. The summed E-state index contributed by atoms with van der Waals surface area (Å²) >= 11 is 0. The van der Waals surface area contributed by atoms with E-state index < -0.39 is 23.1 Å². The van der Waals surface area contributed by atoms with Crippen LogP contribution in [0.4, 0.5) is 8.78 Å². The van der Waals surface area contributed by atoms with Crippen LogP contribution in [0, 0.1) is 29.4 Å². The van der Waals surface area contributed by atoms with E-state index >= 15 is 0 Å². The number of carbonyl (C=O) groups is 2. The molecule has 0 aromatic heterocycles. The fourth-order valence-electron chi connectivity index (χ4n) is 5.74. The second-order valence-electron chi connectivity index (χ2n) is 8.71. The first kappa shape index (κ1) is 19.3. The van der Waals surface area contributed by atoms with Gasteiger partial charge >= 0.3 is 0 Å². The molecule has 152 valence electrons. The van der Waals surface area contributed by atoms with Gasteiger partial charge in [-0.25, -0.2) is 8.78 Å². The van der Waals surface area contributed by atoms with Crippen LogP contribution in [0.25, 0.3) is 0 Å². The van der Waals surface area contributed by atoms with E-state index in [4.69, 9.17) is 0 Å². The zero-order chi connectivity index (χ0) is 19.8. The molecular weight excluding hydrogens is 362 g/mol. The molecule has 2 amide bonds. The largest absolute Gasteiger partial charge is 0.352 e. The number of carbonyl (C=O) groups excluding carboxylic acids is 2. The molecule has 0 spiro atoms. The number of benzene rings is 1. The zero-order valence-corrected chi connectivity index (χ0v) is 16.3. The van der Waals surface area contributed by atoms with Crippen molar-refractivity contribution < 1.29 is 18.4 Å². The van der Waals surface area contributed by atoms with Crippen LogP contribution in [0.15, 0.2) is 18.2 Å². The molecule has 1 saturated heterocycles. The molecule has 4 rings (SSSR count). The van der Waals surface area contributed by atoms with Crippen molar-refractivity contribution in [3.05, 3.63) is 35.4 Å². The van der Waals surface area contributed by atoms with Crippen LogP contribution in [0.1, 0.15) is 62.2 Å². The van der Waals surface area contributed by atoms with E-state index in [2.05, 4.69) is 17.1 Å². The number of nitrogens with one attached hydrogen (secondary N) is 1. The molecule has 1 N–H and O–H groups in total. The SMILES string of the molecule is C[C@H]1C[C@@H]2[C@@H](CC(=O)N2C2CCCCC2)[C@@H]1CNC(=O)c1c(F)cccc1F. The lowest BCUT2D eigenvalue weighted by atomic mass is 9.88. The summed E-state index contributed by atoms with van der Waals surface area (Å²) in [7, 11) is 0. The Bertz CT molecular complexity index is 743. The molecular formula is C22H28F2N2O2. The predicted molar refractivity (Wildman–Crippen MR) is 102 cm³/mol. The Balaban J connectivity index is 1.43. The van der Waals surface area contributed by atoms with Gasteiger partial charge in [0, 0.05) is 25.0 Å². The lowest BCUT2D eigenvalue weighted by Crippen LogP contribution is -2.43. The van der Waals surface area contributed by atoms with E-state index in [9.17, 15) is 18.4 Å². The van der Waals surface area contributed by atoms with Crippen molar-refractivity contribution in [2.45, 2.75) is 64.0 Å². The Kier molecular flexibility index (Phi) is 5.39. The molecule has 0 radical (unpaired) electrons. The number of halogens is 2. The summed E-state index contributed by atoms with van der Waals surface area (Å²) in [6.45, 7) is 2.50. The highest BCUT2D eigenvalue weighted by molar-refractivity contribution is 5.94. The summed E-state index contributed by atoms with van der Waals surface area (Å²) in [6.07, 6.45) is 7.30. The third kappa shape index (κ3) is 3.42. The first-order valence-electron chi connectivity index (χ1n) is 10.5. The molecule has 2 aliphatic carbocycles. The highest BCUT2D eigenvalue weighted by atomic mass is 19.1. The van der Waals surface area contributed by atoms with Gasteiger partial charge in [-0.1, -0.05) is 32.3 Å². The van der Waals surface area contributed by atoms with E-state index in [0.717, 1.165) is 31.4 Å². The molecule has 2 saturated carbocycles. The van der Waals surface area contributed by atoms with E-state index in [0.29, 0.717) is 24.9 Å². The van der Waals surface area contributed by atoms with E-state index in [1.807, 2.05) is 0 Å². The summed E-state index contributed by atoms with van der Waals surface area (Å²) in [4.78, 5) is 27.2. The summed E-state index contributed by atoms with van der Waals surface area (Å²) in [5, 5.41) is 2.73. The minimum absolute atomic E-state index is 0.154. The average Bonchev–Trinajstić information content (AvgIpc) is 3.13. The fraction of sp³-hybridized carbons (Fsp3) is 0.636. The highest BCUT2D eigenvalue weighted by Gasteiger charge is 2.52. The van der Waals surface area contributed by atoms with Crippen molar-refractivity contribution in [2.75, 3.05) is 6.54 Å². The smallest absolute Gasteiger partial charge is 0.257 e. The Morgan fingerprint density at radius 2 is 1.86 bits per heavy atom. The molecule has 28 heavy (non-hydrogen) atoms. The number of nitrogens with zero attached hydrogens (tertiary/aromatic N) is 1. The number of amides is 2. The van der Waals surface area contributed by atoms with Crippen LogP contribution in [-0.4, -0.2) is 35.3 Å². The van der Waals surface area contributed by atoms with Crippen LogP contribution in [0.2, 0.25) is 0 Å². The second kappa shape index (κ2) is 7.80. The third-order valence-corrected chi connectivity index (χ3v) is 7.10. The highest BCUT2D eigenvalue weighted by Crippen LogP contribution is 2.47. The number of hydrogen-bond acceptors (Lipinski definition) is 2. The number of rotatable bonds is 4. The lowest BCUT2D eigenvalue weighted by molar-refractivity contribution is -0.132. The molecule has 1 aliphatic heterocycles. The third-order valence-electron chi connectivity index (χ3n) is 7.10. The summed E-state index contributed by atoms with van der Waals surface area (Å²) in [5.41, 5.74) is -0.531. The first-order valence-corrected chi connectivity index (χ1v) is 10.5. The number of fused-ring (bicyclic) bond motifs is 1. The summed E-state index contributed by atoms with van der Waals surface area (Å²) in [6, 6.07) is 4.03. The van der Waals surface area contributed by atoms with Crippen molar-refractivity contribution >= 4 is 11.8 Å². The van der Waals surface area contributed by atoms with Crippen molar-refractivity contribution in [2.24, 2.45) is 17.8 Å². The van der Waals surface area contributed by atoms with Crippen LogP contribution < -0.4 is 5.32 Å². The lowest BCUT2D eigenvalue weighted by Gasteiger charge is -2.35. The van der Waals surface area contributed by atoms with Gasteiger partial charge < -0.3 is 10.2 Å². The van der Waals surface area contributed by atoms with Gasteiger partial charge in [-0.15, -0.1) is 0 Å². The molecule has 4 nitrogen and oxygen atoms in total. The first-order chi connectivity index (χ1) is 13.5. The molecule has 4 atom stereocenters. The Morgan fingerprint density at radius 1 is 1.18 bits per heavy atom. The van der Waals surface area contributed by atoms with Gasteiger partial charge in [0.05, 0.1) is 0 Å². The minimum Gasteiger partial charge on any atom is -0.352 e. The molecule has 1 aromatic carbocycles. The Morgan fingerprint density at radius 3 is 2.54 bits per heavy atom. The average molecular weight is 390 g/mol. The van der Waals surface area contributed by atoms with Gasteiger partial charge in [-0.05, 0) is 49.1 Å². The summed E-state index contributed by atoms with van der Waals surface area (Å²) in [5.74, 6) is -1.45. The van der Waals surface area contributed by atoms with Crippen LogP contribution >= 0.6 is 0 Å². The van der Waals surface area contributed by atoms with Crippen LogP contribution in [0.5, 0.6) is 0 Å². The van der Waals surface area contributed by atoms with E-state index in [1.54, 1.807) is 0 Å². The van der Waals surface area contributed by atoms with Crippen molar-refractivity contribution in [1.82, 2.24) is 10.2 Å². The van der Waals surface area contributed by atoms with Gasteiger partial charge in [0.1, 0.15) is 17.2 Å². The van der Waals surface area contributed by atoms with Gasteiger partial charge in [0.25, 0.3) is 5.91 Å². The molecule has 3 fully saturated rings. The molecule has 1 aromatic rings. The maximum Gasteiger partial charge on any atom is 0.257 e.